The Labute approximate surface area is 168 Å². The highest BCUT2D eigenvalue weighted by atomic mass is 35.5. The van der Waals surface area contributed by atoms with Gasteiger partial charge in [-0.25, -0.2) is 0 Å². The van der Waals surface area contributed by atoms with E-state index in [-0.39, 0.29) is 11.3 Å². The van der Waals surface area contributed by atoms with Crippen LogP contribution in [0.25, 0.3) is 22.0 Å². The molecule has 0 saturated carbocycles. The number of fused-ring (bicyclic) bond motifs is 1. The lowest BCUT2D eigenvalue weighted by atomic mass is 9.77. The number of anilines is 1. The van der Waals surface area contributed by atoms with E-state index in [0.29, 0.717) is 5.02 Å². The highest BCUT2D eigenvalue weighted by Gasteiger charge is 2.44. The standard InChI is InChI=1S/C22H21ClN4O/c23-18-14-24-13-17(16-4-3-15-2-1-8-25-19(15)12-16)20(18)27-10-6-22(7-11-27)5-9-26-21(22)28/h1-4,8,12-14H,5-7,9-11H2,(H,26,28). The second-order valence-corrected chi connectivity index (χ2v) is 8.11. The van der Waals surface area contributed by atoms with Gasteiger partial charge in [-0.1, -0.05) is 29.8 Å². The van der Waals surface area contributed by atoms with Crippen molar-refractivity contribution in [3.63, 3.8) is 0 Å². The monoisotopic (exact) mass is 392 g/mol. The number of piperidine rings is 1. The minimum absolute atomic E-state index is 0.191. The van der Waals surface area contributed by atoms with Gasteiger partial charge in [0.2, 0.25) is 5.91 Å². The van der Waals surface area contributed by atoms with Gasteiger partial charge in [-0.05, 0) is 37.0 Å². The van der Waals surface area contributed by atoms with E-state index in [1.54, 1.807) is 12.4 Å². The number of amides is 1. The number of carbonyl (C=O) groups excluding carboxylic acids is 1. The fourth-order valence-electron chi connectivity index (χ4n) is 4.55. The third-order valence-electron chi connectivity index (χ3n) is 6.20. The molecule has 5 rings (SSSR count). The minimum Gasteiger partial charge on any atom is -0.370 e. The average Bonchev–Trinajstić information content (AvgIpc) is 3.08. The van der Waals surface area contributed by atoms with Crippen LogP contribution < -0.4 is 10.2 Å². The molecule has 1 N–H and O–H groups in total. The van der Waals surface area contributed by atoms with Crippen LogP contribution in [0.2, 0.25) is 5.02 Å². The number of hydrogen-bond acceptors (Lipinski definition) is 4. The van der Waals surface area contributed by atoms with Gasteiger partial charge in [-0.3, -0.25) is 14.8 Å². The molecule has 0 atom stereocenters. The second-order valence-electron chi connectivity index (χ2n) is 7.70. The maximum Gasteiger partial charge on any atom is 0.226 e. The van der Waals surface area contributed by atoms with Gasteiger partial charge in [0.25, 0.3) is 0 Å². The summed E-state index contributed by atoms with van der Waals surface area (Å²) in [4.78, 5) is 23.4. The van der Waals surface area contributed by atoms with Gasteiger partial charge in [0.15, 0.2) is 0 Å². The van der Waals surface area contributed by atoms with Crippen molar-refractivity contribution in [2.24, 2.45) is 5.41 Å². The second kappa shape index (κ2) is 6.74. The van der Waals surface area contributed by atoms with E-state index in [4.69, 9.17) is 11.6 Å². The first-order chi connectivity index (χ1) is 13.7. The number of aromatic nitrogens is 2. The van der Waals surface area contributed by atoms with Crippen molar-refractivity contribution in [1.29, 1.82) is 0 Å². The zero-order valence-corrected chi connectivity index (χ0v) is 16.2. The van der Waals surface area contributed by atoms with Gasteiger partial charge in [0.05, 0.1) is 21.6 Å². The largest absolute Gasteiger partial charge is 0.370 e. The lowest BCUT2D eigenvalue weighted by molar-refractivity contribution is -0.128. The van der Waals surface area contributed by atoms with Crippen molar-refractivity contribution < 1.29 is 4.79 Å². The lowest BCUT2D eigenvalue weighted by Crippen LogP contribution is -2.44. The van der Waals surface area contributed by atoms with E-state index >= 15 is 0 Å². The summed E-state index contributed by atoms with van der Waals surface area (Å²) in [6.07, 6.45) is 8.03. The first kappa shape index (κ1) is 17.4. The van der Waals surface area contributed by atoms with Crippen LogP contribution in [0.4, 0.5) is 5.69 Å². The molecule has 142 valence electrons. The van der Waals surface area contributed by atoms with E-state index in [2.05, 4.69) is 44.5 Å². The molecule has 28 heavy (non-hydrogen) atoms. The molecular formula is C22H21ClN4O. The van der Waals surface area contributed by atoms with Crippen molar-refractivity contribution in [1.82, 2.24) is 15.3 Å². The molecule has 2 saturated heterocycles. The van der Waals surface area contributed by atoms with Crippen LogP contribution in [0.15, 0.2) is 48.9 Å². The number of nitrogens with zero attached hydrogens (tertiary/aromatic N) is 3. The molecule has 3 aromatic rings. The summed E-state index contributed by atoms with van der Waals surface area (Å²) in [7, 11) is 0. The molecule has 0 bridgehead atoms. The first-order valence-electron chi connectivity index (χ1n) is 9.68. The molecule has 2 aliphatic rings. The Balaban J connectivity index is 1.51. The first-order valence-corrected chi connectivity index (χ1v) is 10.1. The van der Waals surface area contributed by atoms with Gasteiger partial charge in [-0.15, -0.1) is 0 Å². The van der Waals surface area contributed by atoms with Gasteiger partial charge >= 0.3 is 0 Å². The molecule has 1 spiro atoms. The van der Waals surface area contributed by atoms with Gasteiger partial charge in [0, 0.05) is 49.2 Å². The lowest BCUT2D eigenvalue weighted by Gasteiger charge is -2.39. The van der Waals surface area contributed by atoms with E-state index < -0.39 is 0 Å². The van der Waals surface area contributed by atoms with E-state index in [0.717, 1.165) is 66.6 Å². The Hall–Kier alpha value is -2.66. The van der Waals surface area contributed by atoms with Crippen molar-refractivity contribution in [3.05, 3.63) is 53.9 Å². The summed E-state index contributed by atoms with van der Waals surface area (Å²) in [6, 6.07) is 10.3. The van der Waals surface area contributed by atoms with Crippen LogP contribution in [0.1, 0.15) is 19.3 Å². The SMILES string of the molecule is O=C1NCCC12CCN(c1c(Cl)cncc1-c1ccc3cccnc3c1)CC2. The normalized spacial score (nSPS) is 18.6. The molecule has 2 aromatic heterocycles. The Morgan fingerprint density at radius 1 is 1.11 bits per heavy atom. The number of halogens is 1. The molecule has 1 amide bonds. The topological polar surface area (TPSA) is 58.1 Å². The number of carbonyl (C=O) groups is 1. The molecule has 1 aromatic carbocycles. The van der Waals surface area contributed by atoms with Gasteiger partial charge < -0.3 is 10.2 Å². The van der Waals surface area contributed by atoms with E-state index in [1.165, 1.54) is 0 Å². The maximum absolute atomic E-state index is 12.3. The predicted octanol–water partition coefficient (Wildman–Crippen LogP) is 4.06. The van der Waals surface area contributed by atoms with Gasteiger partial charge in [-0.2, -0.15) is 0 Å². The summed E-state index contributed by atoms with van der Waals surface area (Å²) < 4.78 is 0. The van der Waals surface area contributed by atoms with Crippen LogP contribution >= 0.6 is 11.6 Å². The molecule has 2 fully saturated rings. The van der Waals surface area contributed by atoms with E-state index in [1.807, 2.05) is 12.3 Å². The summed E-state index contributed by atoms with van der Waals surface area (Å²) in [5.74, 6) is 0.216. The number of benzene rings is 1. The Morgan fingerprint density at radius 2 is 1.96 bits per heavy atom. The number of pyridine rings is 2. The zero-order chi connectivity index (χ0) is 19.1. The molecule has 2 aliphatic heterocycles. The Morgan fingerprint density at radius 3 is 2.75 bits per heavy atom. The molecule has 0 unspecified atom stereocenters. The summed E-state index contributed by atoms with van der Waals surface area (Å²) in [5.41, 5.74) is 3.82. The van der Waals surface area contributed by atoms with Crippen LogP contribution in [0, 0.1) is 5.41 Å². The van der Waals surface area contributed by atoms with Gasteiger partial charge in [0.1, 0.15) is 0 Å². The van der Waals surface area contributed by atoms with Crippen molar-refractivity contribution in [2.45, 2.75) is 19.3 Å². The average molecular weight is 393 g/mol. The summed E-state index contributed by atoms with van der Waals surface area (Å²) >= 11 is 6.61. The molecule has 0 aliphatic carbocycles. The van der Waals surface area contributed by atoms with Crippen molar-refractivity contribution in [2.75, 3.05) is 24.5 Å². The quantitative estimate of drug-likeness (QED) is 0.714. The molecule has 0 radical (unpaired) electrons. The molecule has 6 heteroatoms. The predicted molar refractivity (Wildman–Crippen MR) is 111 cm³/mol. The van der Waals surface area contributed by atoms with Crippen molar-refractivity contribution >= 4 is 34.1 Å². The Kier molecular flexibility index (Phi) is 4.20. The smallest absolute Gasteiger partial charge is 0.226 e. The van der Waals surface area contributed by atoms with E-state index in [9.17, 15) is 4.79 Å². The maximum atomic E-state index is 12.3. The fraction of sp³-hybridized carbons (Fsp3) is 0.318. The highest BCUT2D eigenvalue weighted by Crippen LogP contribution is 2.43. The molecule has 4 heterocycles. The summed E-state index contributed by atoms with van der Waals surface area (Å²) in [6.45, 7) is 2.43. The number of rotatable bonds is 2. The minimum atomic E-state index is -0.191. The van der Waals surface area contributed by atoms with Crippen LogP contribution in [0.3, 0.4) is 0 Å². The van der Waals surface area contributed by atoms with Crippen molar-refractivity contribution in [3.8, 4) is 11.1 Å². The highest BCUT2D eigenvalue weighted by molar-refractivity contribution is 6.33. The van der Waals surface area contributed by atoms with Crippen LogP contribution in [-0.4, -0.2) is 35.5 Å². The summed E-state index contributed by atoms with van der Waals surface area (Å²) in [5, 5.41) is 4.75. The molecule has 5 nitrogen and oxygen atoms in total. The van der Waals surface area contributed by atoms with Crippen LogP contribution in [-0.2, 0) is 4.79 Å². The molecular weight excluding hydrogens is 372 g/mol. The number of nitrogens with one attached hydrogen (secondary N) is 1. The number of hydrogen-bond donors (Lipinski definition) is 1. The van der Waals surface area contributed by atoms with Crippen LogP contribution in [0.5, 0.6) is 0 Å². The Bertz CT molecular complexity index is 1060. The third kappa shape index (κ3) is 2.81. The fourth-order valence-corrected chi connectivity index (χ4v) is 4.82. The zero-order valence-electron chi connectivity index (χ0n) is 15.5. The third-order valence-corrected chi connectivity index (χ3v) is 6.47.